The number of hydrogen-bond acceptors (Lipinski definition) is 4. The third-order valence-corrected chi connectivity index (χ3v) is 7.46. The average molecular weight is 411 g/mol. The number of anilines is 1. The fraction of sp³-hybridized carbons (Fsp3) is 0.650. The molecule has 1 amide bonds. The monoisotopic (exact) mass is 410 g/mol. The number of amides is 1. The Hall–Kier alpha value is -1.48. The Morgan fingerprint density at radius 2 is 1.75 bits per heavy atom. The lowest BCUT2D eigenvalue weighted by Crippen LogP contribution is -3.13. The summed E-state index contributed by atoms with van der Waals surface area (Å²) in [5, 5.41) is 2.94. The number of hydrogen-bond donors (Lipinski definition) is 2. The Balaban J connectivity index is 1.68. The van der Waals surface area contributed by atoms with Crippen molar-refractivity contribution in [3.8, 4) is 0 Å². The highest BCUT2D eigenvalue weighted by molar-refractivity contribution is 7.89. The van der Waals surface area contributed by atoms with Gasteiger partial charge in [-0.15, -0.1) is 0 Å². The maximum absolute atomic E-state index is 12.9. The Morgan fingerprint density at radius 1 is 1.11 bits per heavy atom. The van der Waals surface area contributed by atoms with Crippen molar-refractivity contribution in [2.24, 2.45) is 0 Å². The van der Waals surface area contributed by atoms with Crippen LogP contribution in [0.4, 0.5) is 5.69 Å². The molecule has 2 fully saturated rings. The predicted molar refractivity (Wildman–Crippen MR) is 108 cm³/mol. The second-order valence-electron chi connectivity index (χ2n) is 7.74. The standard InChI is InChI=1S/C20H31N3O4S/c1-17-7-8-18(28(25,26)23-11-13-27-14-12-23)15-19(17)21-20(24)16-22-9-5-3-2-4-6-10-22/h7-8,15H,2-6,9-14,16H2,1H3,(H,21,24)/p+1. The van der Waals surface area contributed by atoms with E-state index in [1.54, 1.807) is 18.2 Å². The summed E-state index contributed by atoms with van der Waals surface area (Å²) >= 11 is 0. The normalized spacial score (nSPS) is 20.3. The second kappa shape index (κ2) is 9.82. The maximum Gasteiger partial charge on any atom is 0.279 e. The number of sulfonamides is 1. The molecule has 156 valence electrons. The van der Waals surface area contributed by atoms with Crippen molar-refractivity contribution in [3.63, 3.8) is 0 Å². The first-order valence-corrected chi connectivity index (χ1v) is 11.7. The van der Waals surface area contributed by atoms with Crippen LogP contribution in [0.2, 0.25) is 0 Å². The number of carbonyl (C=O) groups excluding carboxylic acids is 1. The van der Waals surface area contributed by atoms with E-state index in [2.05, 4.69) is 5.32 Å². The summed E-state index contributed by atoms with van der Waals surface area (Å²) < 4.78 is 32.4. The quantitative estimate of drug-likeness (QED) is 0.753. The molecule has 2 saturated heterocycles. The molecule has 0 unspecified atom stereocenters. The minimum Gasteiger partial charge on any atom is -0.379 e. The van der Waals surface area contributed by atoms with E-state index in [9.17, 15) is 13.2 Å². The van der Waals surface area contributed by atoms with E-state index in [0.717, 1.165) is 31.5 Å². The summed E-state index contributed by atoms with van der Waals surface area (Å²) in [6.45, 7) is 5.90. The molecule has 0 bridgehead atoms. The van der Waals surface area contributed by atoms with Crippen LogP contribution >= 0.6 is 0 Å². The summed E-state index contributed by atoms with van der Waals surface area (Å²) in [5.41, 5.74) is 1.43. The van der Waals surface area contributed by atoms with Gasteiger partial charge >= 0.3 is 0 Å². The van der Waals surface area contributed by atoms with Crippen LogP contribution in [-0.2, 0) is 19.6 Å². The zero-order chi connectivity index (χ0) is 20.0. The van der Waals surface area contributed by atoms with Gasteiger partial charge in [0.25, 0.3) is 5.91 Å². The largest absolute Gasteiger partial charge is 0.379 e. The average Bonchev–Trinajstić information content (AvgIpc) is 2.66. The van der Waals surface area contributed by atoms with Gasteiger partial charge in [-0.05, 0) is 50.3 Å². The molecular weight excluding hydrogens is 378 g/mol. The zero-order valence-corrected chi connectivity index (χ0v) is 17.5. The number of aryl methyl sites for hydroxylation is 1. The van der Waals surface area contributed by atoms with Crippen LogP contribution in [0, 0.1) is 6.92 Å². The number of rotatable bonds is 5. The van der Waals surface area contributed by atoms with E-state index in [-0.39, 0.29) is 10.8 Å². The van der Waals surface area contributed by atoms with Crippen molar-refractivity contribution in [1.29, 1.82) is 0 Å². The van der Waals surface area contributed by atoms with Crippen molar-refractivity contribution in [2.75, 3.05) is 51.3 Å². The lowest BCUT2D eigenvalue weighted by Gasteiger charge is -2.26. The van der Waals surface area contributed by atoms with E-state index >= 15 is 0 Å². The number of nitrogens with zero attached hydrogens (tertiary/aromatic N) is 1. The van der Waals surface area contributed by atoms with Gasteiger partial charge in [-0.25, -0.2) is 8.42 Å². The third kappa shape index (κ3) is 5.53. The summed E-state index contributed by atoms with van der Waals surface area (Å²) in [7, 11) is -3.58. The van der Waals surface area contributed by atoms with E-state index in [0.29, 0.717) is 38.5 Å². The van der Waals surface area contributed by atoms with Gasteiger partial charge in [0.15, 0.2) is 6.54 Å². The molecule has 0 radical (unpaired) electrons. The van der Waals surface area contributed by atoms with Crippen LogP contribution in [0.25, 0.3) is 0 Å². The molecule has 1 aromatic rings. The fourth-order valence-corrected chi connectivity index (χ4v) is 5.27. The van der Waals surface area contributed by atoms with Gasteiger partial charge in [-0.1, -0.05) is 12.5 Å². The lowest BCUT2D eigenvalue weighted by atomic mass is 10.1. The first-order valence-electron chi connectivity index (χ1n) is 10.3. The van der Waals surface area contributed by atoms with Gasteiger partial charge < -0.3 is 15.0 Å². The SMILES string of the molecule is Cc1ccc(S(=O)(=O)N2CCOCC2)cc1NC(=O)C[NH+]1CCCCCCC1. The minimum absolute atomic E-state index is 0.0559. The molecule has 2 aliphatic rings. The van der Waals surface area contributed by atoms with Crippen LogP contribution < -0.4 is 10.2 Å². The van der Waals surface area contributed by atoms with E-state index in [4.69, 9.17) is 4.74 Å². The molecule has 7 nitrogen and oxygen atoms in total. The van der Waals surface area contributed by atoms with Gasteiger partial charge in [0, 0.05) is 18.8 Å². The molecule has 2 aliphatic heterocycles. The predicted octanol–water partition coefficient (Wildman–Crippen LogP) is 0.803. The van der Waals surface area contributed by atoms with Crippen molar-refractivity contribution in [1.82, 2.24) is 4.31 Å². The first-order chi connectivity index (χ1) is 13.5. The highest BCUT2D eigenvalue weighted by atomic mass is 32.2. The van der Waals surface area contributed by atoms with E-state index < -0.39 is 10.0 Å². The second-order valence-corrected chi connectivity index (χ2v) is 9.67. The van der Waals surface area contributed by atoms with Crippen molar-refractivity contribution in [3.05, 3.63) is 23.8 Å². The molecule has 0 spiro atoms. The highest BCUT2D eigenvalue weighted by Crippen LogP contribution is 2.23. The molecule has 3 rings (SSSR count). The molecule has 0 saturated carbocycles. The van der Waals surface area contributed by atoms with Gasteiger partial charge in [0.1, 0.15) is 0 Å². The van der Waals surface area contributed by atoms with Gasteiger partial charge in [-0.2, -0.15) is 4.31 Å². The van der Waals surface area contributed by atoms with E-state index in [1.807, 2.05) is 6.92 Å². The van der Waals surface area contributed by atoms with Crippen molar-refractivity contribution < 1.29 is 22.8 Å². The van der Waals surface area contributed by atoms with Gasteiger partial charge in [0.05, 0.1) is 31.2 Å². The Morgan fingerprint density at radius 3 is 2.43 bits per heavy atom. The maximum atomic E-state index is 12.9. The van der Waals surface area contributed by atoms with Crippen LogP contribution in [0.5, 0.6) is 0 Å². The molecule has 8 heteroatoms. The van der Waals surface area contributed by atoms with Crippen LogP contribution in [0.1, 0.15) is 37.7 Å². The van der Waals surface area contributed by atoms with Crippen LogP contribution in [0.3, 0.4) is 0 Å². The molecule has 2 N–H and O–H groups in total. The van der Waals surface area contributed by atoms with Crippen LogP contribution in [-0.4, -0.2) is 64.6 Å². The van der Waals surface area contributed by atoms with Crippen molar-refractivity contribution >= 4 is 21.6 Å². The fourth-order valence-electron chi connectivity index (χ4n) is 3.84. The number of likely N-dealkylation sites (tertiary alicyclic amines) is 1. The Labute approximate surface area is 168 Å². The number of benzene rings is 1. The Bertz CT molecular complexity index is 768. The van der Waals surface area contributed by atoms with Gasteiger partial charge in [-0.3, -0.25) is 4.79 Å². The summed E-state index contributed by atoms with van der Waals surface area (Å²) in [6.07, 6.45) is 6.10. The lowest BCUT2D eigenvalue weighted by molar-refractivity contribution is -0.892. The summed E-state index contributed by atoms with van der Waals surface area (Å²) in [6, 6.07) is 4.95. The number of quaternary nitrogens is 1. The molecular formula is C20H32N3O4S+. The Kier molecular flexibility index (Phi) is 7.45. The highest BCUT2D eigenvalue weighted by Gasteiger charge is 2.27. The third-order valence-electron chi connectivity index (χ3n) is 5.56. The molecule has 0 aromatic heterocycles. The minimum atomic E-state index is -3.58. The van der Waals surface area contributed by atoms with Gasteiger partial charge in [0.2, 0.25) is 10.0 Å². The summed E-state index contributed by atoms with van der Waals surface area (Å²) in [4.78, 5) is 14.1. The number of nitrogens with one attached hydrogen (secondary N) is 2. The molecule has 0 aliphatic carbocycles. The molecule has 28 heavy (non-hydrogen) atoms. The number of carbonyl (C=O) groups is 1. The molecule has 0 atom stereocenters. The van der Waals surface area contributed by atoms with Crippen LogP contribution in [0.15, 0.2) is 23.1 Å². The molecule has 1 aromatic carbocycles. The number of ether oxygens (including phenoxy) is 1. The van der Waals surface area contributed by atoms with Crippen molar-refractivity contribution in [2.45, 2.75) is 43.9 Å². The summed E-state index contributed by atoms with van der Waals surface area (Å²) in [5.74, 6) is -0.0559. The number of morpholine rings is 1. The topological polar surface area (TPSA) is 80.2 Å². The van der Waals surface area contributed by atoms with E-state index in [1.165, 1.54) is 28.5 Å². The molecule has 2 heterocycles. The first kappa shape index (κ1) is 21.2. The zero-order valence-electron chi connectivity index (χ0n) is 16.7. The smallest absolute Gasteiger partial charge is 0.279 e.